The first-order valence-corrected chi connectivity index (χ1v) is 7.38. The van der Waals surface area contributed by atoms with Gasteiger partial charge in [0, 0.05) is 18.2 Å². The molecule has 0 aliphatic rings. The van der Waals surface area contributed by atoms with Crippen molar-refractivity contribution in [3.05, 3.63) is 38.4 Å². The number of hydrogen-bond acceptors (Lipinski definition) is 7. The SMILES string of the molecule is CSc1nc(N)cc(Oc2cc(Cl)c(Cl)cc2[N+](=O)[O-])n1. The largest absolute Gasteiger partial charge is 0.432 e. The minimum Gasteiger partial charge on any atom is -0.432 e. The molecule has 0 radical (unpaired) electrons. The molecule has 2 N–H and O–H groups in total. The summed E-state index contributed by atoms with van der Waals surface area (Å²) in [7, 11) is 0. The van der Waals surface area contributed by atoms with Crippen molar-refractivity contribution < 1.29 is 9.66 Å². The van der Waals surface area contributed by atoms with Gasteiger partial charge in [-0.25, -0.2) is 4.98 Å². The summed E-state index contributed by atoms with van der Waals surface area (Å²) in [5.41, 5.74) is 5.29. The van der Waals surface area contributed by atoms with Crippen LogP contribution in [0, 0.1) is 10.1 Å². The molecule has 21 heavy (non-hydrogen) atoms. The number of thioether (sulfide) groups is 1. The zero-order valence-corrected chi connectivity index (χ0v) is 12.9. The van der Waals surface area contributed by atoms with Crippen molar-refractivity contribution in [1.29, 1.82) is 0 Å². The third-order valence-electron chi connectivity index (χ3n) is 2.30. The summed E-state index contributed by atoms with van der Waals surface area (Å²) in [4.78, 5) is 18.4. The van der Waals surface area contributed by atoms with Crippen molar-refractivity contribution >= 4 is 46.5 Å². The average Bonchev–Trinajstić information content (AvgIpc) is 2.41. The zero-order chi connectivity index (χ0) is 15.6. The fourth-order valence-corrected chi connectivity index (χ4v) is 2.11. The molecule has 0 saturated carbocycles. The van der Waals surface area contributed by atoms with Gasteiger partial charge in [-0.15, -0.1) is 0 Å². The van der Waals surface area contributed by atoms with Crippen LogP contribution in [-0.4, -0.2) is 21.1 Å². The second-order valence-corrected chi connectivity index (χ2v) is 5.30. The molecule has 110 valence electrons. The molecule has 0 saturated heterocycles. The number of hydrogen-bond donors (Lipinski definition) is 1. The summed E-state index contributed by atoms with van der Waals surface area (Å²) in [5.74, 6) is 0.181. The highest BCUT2D eigenvalue weighted by atomic mass is 35.5. The molecule has 0 aliphatic heterocycles. The van der Waals surface area contributed by atoms with Crippen LogP contribution in [0.15, 0.2) is 23.4 Å². The minimum atomic E-state index is -0.627. The van der Waals surface area contributed by atoms with Gasteiger partial charge in [0.25, 0.3) is 0 Å². The monoisotopic (exact) mass is 346 g/mol. The van der Waals surface area contributed by atoms with Crippen molar-refractivity contribution in [1.82, 2.24) is 9.97 Å². The summed E-state index contributed by atoms with van der Waals surface area (Å²) in [5, 5.41) is 11.6. The van der Waals surface area contributed by atoms with Crippen molar-refractivity contribution in [2.75, 3.05) is 12.0 Å². The molecule has 0 bridgehead atoms. The molecule has 2 aromatic rings. The Bertz CT molecular complexity index is 714. The number of ether oxygens (including phenoxy) is 1. The predicted octanol–water partition coefficient (Wildman–Crippen LogP) is 3.79. The predicted molar refractivity (Wildman–Crippen MR) is 81.4 cm³/mol. The number of rotatable bonds is 4. The number of nitrogen functional groups attached to an aromatic ring is 1. The number of aromatic nitrogens is 2. The van der Waals surface area contributed by atoms with E-state index in [1.165, 1.54) is 23.9 Å². The molecule has 0 amide bonds. The number of anilines is 1. The lowest BCUT2D eigenvalue weighted by molar-refractivity contribution is -0.385. The normalized spacial score (nSPS) is 10.4. The number of nitro groups is 1. The van der Waals surface area contributed by atoms with E-state index < -0.39 is 4.92 Å². The molecule has 0 fully saturated rings. The van der Waals surface area contributed by atoms with E-state index in [0.29, 0.717) is 5.16 Å². The van der Waals surface area contributed by atoms with Gasteiger partial charge in [-0.1, -0.05) is 35.0 Å². The number of nitrogens with two attached hydrogens (primary N) is 1. The average molecular weight is 347 g/mol. The van der Waals surface area contributed by atoms with Gasteiger partial charge in [-0.3, -0.25) is 10.1 Å². The fraction of sp³-hybridized carbons (Fsp3) is 0.0909. The minimum absolute atomic E-state index is 0.0581. The zero-order valence-electron chi connectivity index (χ0n) is 10.5. The molecule has 7 nitrogen and oxygen atoms in total. The van der Waals surface area contributed by atoms with Gasteiger partial charge < -0.3 is 10.5 Å². The first-order chi connectivity index (χ1) is 9.90. The van der Waals surface area contributed by atoms with Crippen LogP contribution >= 0.6 is 35.0 Å². The lowest BCUT2D eigenvalue weighted by Crippen LogP contribution is -1.99. The Labute approximate surface area is 133 Å². The van der Waals surface area contributed by atoms with E-state index in [2.05, 4.69) is 9.97 Å². The molecule has 0 aliphatic carbocycles. The molecule has 10 heteroatoms. The van der Waals surface area contributed by atoms with Crippen LogP contribution in [0.5, 0.6) is 11.6 Å². The first-order valence-electron chi connectivity index (χ1n) is 5.40. The topological polar surface area (TPSA) is 104 Å². The van der Waals surface area contributed by atoms with Crippen LogP contribution in [0.2, 0.25) is 10.0 Å². The van der Waals surface area contributed by atoms with Crippen LogP contribution in [0.1, 0.15) is 0 Å². The molecule has 0 atom stereocenters. The highest BCUT2D eigenvalue weighted by molar-refractivity contribution is 7.98. The van der Waals surface area contributed by atoms with Crippen LogP contribution in [-0.2, 0) is 0 Å². The van der Waals surface area contributed by atoms with Gasteiger partial charge in [0.05, 0.1) is 15.0 Å². The second kappa shape index (κ2) is 6.33. The van der Waals surface area contributed by atoms with Crippen LogP contribution in [0.4, 0.5) is 11.5 Å². The molecule has 0 unspecified atom stereocenters. The Morgan fingerprint density at radius 3 is 2.57 bits per heavy atom. The maximum Gasteiger partial charge on any atom is 0.313 e. The molecule has 1 aromatic heterocycles. The van der Waals surface area contributed by atoms with Gasteiger partial charge in [0.2, 0.25) is 11.6 Å². The van der Waals surface area contributed by atoms with E-state index in [4.69, 9.17) is 33.7 Å². The molecule has 1 aromatic carbocycles. The molecule has 0 spiro atoms. The Morgan fingerprint density at radius 1 is 1.29 bits per heavy atom. The van der Waals surface area contributed by atoms with E-state index in [9.17, 15) is 10.1 Å². The van der Waals surface area contributed by atoms with Gasteiger partial charge in [-0.05, 0) is 6.26 Å². The van der Waals surface area contributed by atoms with E-state index >= 15 is 0 Å². The van der Waals surface area contributed by atoms with Crippen molar-refractivity contribution in [3.63, 3.8) is 0 Å². The van der Waals surface area contributed by atoms with Crippen molar-refractivity contribution in [2.24, 2.45) is 0 Å². The van der Waals surface area contributed by atoms with E-state index in [1.54, 1.807) is 6.26 Å². The fourth-order valence-electron chi connectivity index (χ4n) is 1.42. The summed E-state index contributed by atoms with van der Waals surface area (Å²) in [6.45, 7) is 0. The maximum absolute atomic E-state index is 11.0. The van der Waals surface area contributed by atoms with E-state index in [-0.39, 0.29) is 33.2 Å². The van der Waals surface area contributed by atoms with Crippen LogP contribution in [0.3, 0.4) is 0 Å². The van der Waals surface area contributed by atoms with Gasteiger partial charge in [-0.2, -0.15) is 4.98 Å². The van der Waals surface area contributed by atoms with Crippen LogP contribution in [0.25, 0.3) is 0 Å². The summed E-state index contributed by atoms with van der Waals surface area (Å²) in [6.07, 6.45) is 1.76. The smallest absolute Gasteiger partial charge is 0.313 e. The van der Waals surface area contributed by atoms with Gasteiger partial charge in [0.15, 0.2) is 5.16 Å². The number of halogens is 2. The summed E-state index contributed by atoms with van der Waals surface area (Å²) in [6, 6.07) is 3.71. The number of nitrogens with zero attached hydrogens (tertiary/aromatic N) is 3. The standard InChI is InChI=1S/C11H8Cl2N4O3S/c1-21-11-15-9(14)4-10(16-11)20-8-3-6(13)5(12)2-7(8)17(18)19/h2-4H,1H3,(H2,14,15,16). The summed E-state index contributed by atoms with van der Waals surface area (Å²) < 4.78 is 5.40. The molecular weight excluding hydrogens is 339 g/mol. The third kappa shape index (κ3) is 3.66. The lowest BCUT2D eigenvalue weighted by atomic mass is 10.3. The number of nitro benzene ring substituents is 1. The Balaban J connectivity index is 2.46. The summed E-state index contributed by atoms with van der Waals surface area (Å²) >= 11 is 12.9. The molecule has 2 rings (SSSR count). The quantitative estimate of drug-likeness (QED) is 0.388. The highest BCUT2D eigenvalue weighted by Gasteiger charge is 2.20. The van der Waals surface area contributed by atoms with E-state index in [0.717, 1.165) is 6.07 Å². The Kier molecular flexibility index (Phi) is 4.71. The lowest BCUT2D eigenvalue weighted by Gasteiger charge is -2.08. The highest BCUT2D eigenvalue weighted by Crippen LogP contribution is 2.38. The van der Waals surface area contributed by atoms with Gasteiger partial charge in [0.1, 0.15) is 5.82 Å². The third-order valence-corrected chi connectivity index (χ3v) is 3.57. The van der Waals surface area contributed by atoms with Crippen LogP contribution < -0.4 is 10.5 Å². The first kappa shape index (κ1) is 15.6. The van der Waals surface area contributed by atoms with Gasteiger partial charge >= 0.3 is 5.69 Å². The van der Waals surface area contributed by atoms with E-state index in [1.807, 2.05) is 0 Å². The second-order valence-electron chi connectivity index (χ2n) is 3.71. The van der Waals surface area contributed by atoms with Crippen molar-refractivity contribution in [3.8, 4) is 11.6 Å². The maximum atomic E-state index is 11.0. The van der Waals surface area contributed by atoms with Crippen molar-refractivity contribution in [2.45, 2.75) is 5.16 Å². The Morgan fingerprint density at radius 2 is 1.95 bits per heavy atom. The Hall–Kier alpha value is -1.77. The molecular formula is C11H8Cl2N4O3S. The number of benzene rings is 1. The molecule has 1 heterocycles.